The van der Waals surface area contributed by atoms with Crippen molar-refractivity contribution in [1.29, 1.82) is 0 Å². The molecule has 0 aliphatic rings. The summed E-state index contributed by atoms with van der Waals surface area (Å²) in [6, 6.07) is 3.68. The molecule has 6 heteroatoms. The molecule has 6 nitrogen and oxygen atoms in total. The van der Waals surface area contributed by atoms with E-state index in [1.54, 1.807) is 27.7 Å². The van der Waals surface area contributed by atoms with Crippen LogP contribution in [0.1, 0.15) is 13.3 Å². The lowest BCUT2D eigenvalue weighted by molar-refractivity contribution is 0.325. The van der Waals surface area contributed by atoms with Crippen LogP contribution in [0.2, 0.25) is 0 Å². The van der Waals surface area contributed by atoms with Gasteiger partial charge >= 0.3 is 0 Å². The summed E-state index contributed by atoms with van der Waals surface area (Å²) < 4.78 is 18.1. The Balaban J connectivity index is 2.58. The lowest BCUT2D eigenvalue weighted by Gasteiger charge is -2.15. The summed E-state index contributed by atoms with van der Waals surface area (Å²) in [6.07, 6.45) is 2.73. The fraction of sp³-hybridized carbons (Fsp3) is 0.400. The molecule has 1 aromatic heterocycles. The molecular formula is C15H21N3O3. The number of aromatic nitrogens is 2. The molecule has 21 heavy (non-hydrogen) atoms. The number of rotatable bonds is 6. The molecule has 0 fully saturated rings. The van der Waals surface area contributed by atoms with Crippen LogP contribution in [-0.2, 0) is 6.54 Å². The molecule has 0 spiro atoms. The number of benzene rings is 1. The average molecular weight is 291 g/mol. The van der Waals surface area contributed by atoms with Gasteiger partial charge in [-0.15, -0.1) is 0 Å². The van der Waals surface area contributed by atoms with Gasteiger partial charge in [0.15, 0.2) is 11.5 Å². The highest BCUT2D eigenvalue weighted by atomic mass is 16.5. The number of nitrogen functional groups attached to an aromatic ring is 1. The number of hydrogen-bond donors (Lipinski definition) is 1. The number of anilines is 1. The van der Waals surface area contributed by atoms with E-state index in [-0.39, 0.29) is 0 Å². The van der Waals surface area contributed by atoms with E-state index in [9.17, 15) is 0 Å². The van der Waals surface area contributed by atoms with Gasteiger partial charge in [-0.2, -0.15) is 0 Å². The van der Waals surface area contributed by atoms with Crippen LogP contribution in [-0.4, -0.2) is 30.9 Å². The molecule has 114 valence electrons. The first kappa shape index (κ1) is 15.0. The smallest absolute Gasteiger partial charge is 0.203 e. The van der Waals surface area contributed by atoms with E-state index in [4.69, 9.17) is 19.9 Å². The van der Waals surface area contributed by atoms with Gasteiger partial charge in [0.1, 0.15) is 11.5 Å². The first-order valence-electron chi connectivity index (χ1n) is 6.77. The number of imidazole rings is 1. The van der Waals surface area contributed by atoms with Crippen molar-refractivity contribution in [1.82, 2.24) is 9.55 Å². The molecule has 0 aliphatic carbocycles. The minimum absolute atomic E-state index is 0.530. The molecule has 0 radical (unpaired) electrons. The van der Waals surface area contributed by atoms with Crippen molar-refractivity contribution in [3.8, 4) is 28.5 Å². The maximum Gasteiger partial charge on any atom is 0.203 e. The van der Waals surface area contributed by atoms with E-state index in [1.165, 1.54) is 0 Å². The molecule has 1 heterocycles. The van der Waals surface area contributed by atoms with E-state index in [1.807, 2.05) is 16.7 Å². The predicted molar refractivity (Wildman–Crippen MR) is 82.0 cm³/mol. The number of hydrogen-bond acceptors (Lipinski definition) is 5. The normalized spacial score (nSPS) is 10.5. The molecule has 0 aliphatic heterocycles. The van der Waals surface area contributed by atoms with Crippen LogP contribution < -0.4 is 19.9 Å². The summed E-state index contributed by atoms with van der Waals surface area (Å²) in [5.41, 5.74) is 7.64. The Morgan fingerprint density at radius 2 is 1.81 bits per heavy atom. The van der Waals surface area contributed by atoms with Gasteiger partial charge < -0.3 is 24.5 Å². The summed E-state index contributed by atoms with van der Waals surface area (Å²) in [5.74, 6) is 2.30. The summed E-state index contributed by atoms with van der Waals surface area (Å²) in [6.45, 7) is 2.92. The molecule has 0 amide bonds. The molecule has 0 saturated carbocycles. The quantitative estimate of drug-likeness (QED) is 0.885. The van der Waals surface area contributed by atoms with Gasteiger partial charge in [-0.25, -0.2) is 4.98 Å². The lowest BCUT2D eigenvalue weighted by atomic mass is 10.1. The lowest BCUT2D eigenvalue weighted by Crippen LogP contribution is -2.02. The van der Waals surface area contributed by atoms with Gasteiger partial charge in [0.2, 0.25) is 5.75 Å². The third kappa shape index (κ3) is 2.61. The standard InChI is InChI=1S/C15H21N3O3/c1-5-8-18-9-17-12(15(18)16)10-6-7-11(19-2)14(21-4)13(10)20-3/h6-7,9H,5,8,16H2,1-4H3. The number of methoxy groups -OCH3 is 3. The molecule has 0 saturated heterocycles. The van der Waals surface area contributed by atoms with Gasteiger partial charge in [-0.05, 0) is 18.6 Å². The topological polar surface area (TPSA) is 71.5 Å². The molecule has 0 unspecified atom stereocenters. The largest absolute Gasteiger partial charge is 0.493 e. The fourth-order valence-electron chi connectivity index (χ4n) is 2.31. The van der Waals surface area contributed by atoms with E-state index < -0.39 is 0 Å². The highest BCUT2D eigenvalue weighted by Crippen LogP contribution is 2.44. The van der Waals surface area contributed by atoms with Crippen molar-refractivity contribution < 1.29 is 14.2 Å². The van der Waals surface area contributed by atoms with E-state index in [0.717, 1.165) is 18.5 Å². The highest BCUT2D eigenvalue weighted by molar-refractivity contribution is 5.79. The summed E-state index contributed by atoms with van der Waals surface area (Å²) in [5, 5.41) is 0. The third-order valence-corrected chi connectivity index (χ3v) is 3.30. The van der Waals surface area contributed by atoms with Crippen molar-refractivity contribution in [2.24, 2.45) is 0 Å². The van der Waals surface area contributed by atoms with Gasteiger partial charge in [0, 0.05) is 6.54 Å². The van der Waals surface area contributed by atoms with Crippen LogP contribution in [0.3, 0.4) is 0 Å². The Kier molecular flexibility index (Phi) is 4.57. The first-order valence-corrected chi connectivity index (χ1v) is 6.77. The van der Waals surface area contributed by atoms with Gasteiger partial charge in [-0.1, -0.05) is 6.92 Å². The Bertz CT molecular complexity index is 623. The second kappa shape index (κ2) is 6.39. The van der Waals surface area contributed by atoms with Crippen LogP contribution in [0.15, 0.2) is 18.5 Å². The number of aryl methyl sites for hydroxylation is 1. The Hall–Kier alpha value is -2.37. The van der Waals surface area contributed by atoms with E-state index in [0.29, 0.717) is 28.8 Å². The molecule has 2 N–H and O–H groups in total. The average Bonchev–Trinajstić information content (AvgIpc) is 2.87. The second-order valence-electron chi connectivity index (χ2n) is 4.55. The fourth-order valence-corrected chi connectivity index (χ4v) is 2.31. The maximum absolute atomic E-state index is 6.18. The van der Waals surface area contributed by atoms with Gasteiger partial charge in [0.05, 0.1) is 33.2 Å². The molecule has 0 bridgehead atoms. The summed E-state index contributed by atoms with van der Waals surface area (Å²) >= 11 is 0. The zero-order valence-electron chi connectivity index (χ0n) is 12.8. The van der Waals surface area contributed by atoms with Gasteiger partial charge in [-0.3, -0.25) is 0 Å². The van der Waals surface area contributed by atoms with E-state index >= 15 is 0 Å². The number of nitrogens with zero attached hydrogens (tertiary/aromatic N) is 2. The predicted octanol–water partition coefficient (Wildman–Crippen LogP) is 2.57. The van der Waals surface area contributed by atoms with Crippen molar-refractivity contribution in [2.45, 2.75) is 19.9 Å². The van der Waals surface area contributed by atoms with Crippen molar-refractivity contribution in [2.75, 3.05) is 27.1 Å². The maximum atomic E-state index is 6.18. The zero-order chi connectivity index (χ0) is 15.4. The SMILES string of the molecule is CCCn1cnc(-c2ccc(OC)c(OC)c2OC)c1N. The second-order valence-corrected chi connectivity index (χ2v) is 4.55. The third-order valence-electron chi connectivity index (χ3n) is 3.30. The molecular weight excluding hydrogens is 270 g/mol. The Morgan fingerprint density at radius 1 is 1.10 bits per heavy atom. The minimum atomic E-state index is 0.530. The molecule has 2 aromatic rings. The Morgan fingerprint density at radius 3 is 2.38 bits per heavy atom. The van der Waals surface area contributed by atoms with E-state index in [2.05, 4.69) is 11.9 Å². The summed E-state index contributed by atoms with van der Waals surface area (Å²) in [7, 11) is 4.74. The zero-order valence-corrected chi connectivity index (χ0v) is 12.8. The first-order chi connectivity index (χ1) is 10.2. The Labute approximate surface area is 124 Å². The highest BCUT2D eigenvalue weighted by Gasteiger charge is 2.20. The van der Waals surface area contributed by atoms with Crippen LogP contribution >= 0.6 is 0 Å². The molecule has 1 aromatic carbocycles. The van der Waals surface area contributed by atoms with Crippen molar-refractivity contribution in [3.63, 3.8) is 0 Å². The van der Waals surface area contributed by atoms with Gasteiger partial charge in [0.25, 0.3) is 0 Å². The monoisotopic (exact) mass is 291 g/mol. The van der Waals surface area contributed by atoms with Crippen LogP contribution in [0.5, 0.6) is 17.2 Å². The summed E-state index contributed by atoms with van der Waals surface area (Å²) in [4.78, 5) is 4.41. The van der Waals surface area contributed by atoms with Crippen molar-refractivity contribution in [3.05, 3.63) is 18.5 Å². The molecule has 0 atom stereocenters. The van der Waals surface area contributed by atoms with Crippen LogP contribution in [0, 0.1) is 0 Å². The molecule has 2 rings (SSSR count). The number of ether oxygens (including phenoxy) is 3. The van der Waals surface area contributed by atoms with Crippen LogP contribution in [0.4, 0.5) is 5.82 Å². The minimum Gasteiger partial charge on any atom is -0.493 e. The van der Waals surface area contributed by atoms with Crippen LogP contribution in [0.25, 0.3) is 11.3 Å². The van der Waals surface area contributed by atoms with Crippen molar-refractivity contribution >= 4 is 5.82 Å². The number of nitrogens with two attached hydrogens (primary N) is 1.